The lowest BCUT2D eigenvalue weighted by molar-refractivity contribution is 0.700. The Labute approximate surface area is 114 Å². The number of para-hydroxylation sites is 2. The highest BCUT2D eigenvalue weighted by Crippen LogP contribution is 2.21. The SMILES string of the molecule is F/C(=C/c1cccc(Cl)c1)n1cnc2ccccc21. The summed E-state index contributed by atoms with van der Waals surface area (Å²) in [5, 5.41) is 0.581. The fourth-order valence-corrected chi connectivity index (χ4v) is 2.13. The van der Waals surface area contributed by atoms with Gasteiger partial charge >= 0.3 is 0 Å². The summed E-state index contributed by atoms with van der Waals surface area (Å²) in [6, 6.07) is 14.4. The van der Waals surface area contributed by atoms with Gasteiger partial charge in [0.1, 0.15) is 6.33 Å². The topological polar surface area (TPSA) is 17.8 Å². The zero-order valence-electron chi connectivity index (χ0n) is 9.92. The molecule has 0 amide bonds. The Kier molecular flexibility index (Phi) is 3.05. The molecule has 1 aromatic heterocycles. The molecule has 0 aliphatic rings. The minimum atomic E-state index is -0.393. The third-order valence-electron chi connectivity index (χ3n) is 2.82. The standard InChI is InChI=1S/C15H10ClFN2/c16-12-5-3-4-11(8-12)9-15(17)19-10-18-13-6-1-2-7-14(13)19/h1-10H/b15-9-. The Morgan fingerprint density at radius 3 is 2.84 bits per heavy atom. The van der Waals surface area contributed by atoms with Gasteiger partial charge in [0.25, 0.3) is 0 Å². The fraction of sp³-hybridized carbons (Fsp3) is 0. The highest BCUT2D eigenvalue weighted by Gasteiger charge is 2.05. The highest BCUT2D eigenvalue weighted by molar-refractivity contribution is 6.30. The molecule has 94 valence electrons. The lowest BCUT2D eigenvalue weighted by atomic mass is 10.2. The molecule has 1 heterocycles. The monoisotopic (exact) mass is 272 g/mol. The molecule has 0 radical (unpaired) electrons. The van der Waals surface area contributed by atoms with Gasteiger partial charge in [0.15, 0.2) is 5.95 Å². The normalized spacial score (nSPS) is 12.0. The number of hydrogen-bond donors (Lipinski definition) is 0. The first-order valence-electron chi connectivity index (χ1n) is 5.79. The van der Waals surface area contributed by atoms with Crippen LogP contribution in [0.3, 0.4) is 0 Å². The molecule has 2 aromatic carbocycles. The second-order valence-electron chi connectivity index (χ2n) is 4.13. The Morgan fingerprint density at radius 2 is 2.00 bits per heavy atom. The minimum Gasteiger partial charge on any atom is -0.275 e. The van der Waals surface area contributed by atoms with E-state index in [-0.39, 0.29) is 0 Å². The fourth-order valence-electron chi connectivity index (χ4n) is 1.93. The summed E-state index contributed by atoms with van der Waals surface area (Å²) in [7, 11) is 0. The average molecular weight is 273 g/mol. The molecular formula is C15H10ClFN2. The van der Waals surface area contributed by atoms with Crippen LogP contribution in [0.5, 0.6) is 0 Å². The van der Waals surface area contributed by atoms with Gasteiger partial charge in [-0.1, -0.05) is 35.9 Å². The summed E-state index contributed by atoms with van der Waals surface area (Å²) in [4.78, 5) is 4.15. The van der Waals surface area contributed by atoms with E-state index >= 15 is 0 Å². The second kappa shape index (κ2) is 4.86. The molecule has 0 spiro atoms. The van der Waals surface area contributed by atoms with E-state index in [9.17, 15) is 4.39 Å². The van der Waals surface area contributed by atoms with E-state index in [1.807, 2.05) is 24.3 Å². The molecule has 0 aliphatic carbocycles. The van der Waals surface area contributed by atoms with Gasteiger partial charge in [-0.3, -0.25) is 4.57 Å². The van der Waals surface area contributed by atoms with Gasteiger partial charge in [-0.2, -0.15) is 4.39 Å². The molecular weight excluding hydrogens is 263 g/mol. The van der Waals surface area contributed by atoms with Gasteiger partial charge in [-0.15, -0.1) is 0 Å². The summed E-state index contributed by atoms with van der Waals surface area (Å²) in [5.41, 5.74) is 2.21. The predicted octanol–water partition coefficient (Wildman–Crippen LogP) is 4.61. The molecule has 0 bridgehead atoms. The van der Waals surface area contributed by atoms with Crippen LogP contribution in [0.15, 0.2) is 54.9 Å². The lowest BCUT2D eigenvalue weighted by Crippen LogP contribution is -1.89. The van der Waals surface area contributed by atoms with Crippen molar-refractivity contribution in [2.24, 2.45) is 0 Å². The predicted molar refractivity (Wildman–Crippen MR) is 76.5 cm³/mol. The number of fused-ring (bicyclic) bond motifs is 1. The minimum absolute atomic E-state index is 0.393. The Morgan fingerprint density at radius 1 is 1.16 bits per heavy atom. The van der Waals surface area contributed by atoms with Gasteiger partial charge in [0.2, 0.25) is 0 Å². The van der Waals surface area contributed by atoms with Crippen LogP contribution in [-0.4, -0.2) is 9.55 Å². The average Bonchev–Trinajstić information content (AvgIpc) is 2.82. The van der Waals surface area contributed by atoms with Crippen LogP contribution < -0.4 is 0 Å². The molecule has 19 heavy (non-hydrogen) atoms. The van der Waals surface area contributed by atoms with Crippen LogP contribution in [-0.2, 0) is 0 Å². The molecule has 0 saturated heterocycles. The largest absolute Gasteiger partial charge is 0.275 e. The summed E-state index contributed by atoms with van der Waals surface area (Å²) in [5.74, 6) is -0.393. The van der Waals surface area contributed by atoms with Gasteiger partial charge in [-0.05, 0) is 35.9 Å². The number of halogens is 2. The maximum absolute atomic E-state index is 14.3. The summed E-state index contributed by atoms with van der Waals surface area (Å²) < 4.78 is 15.7. The van der Waals surface area contributed by atoms with E-state index in [1.54, 1.807) is 24.3 Å². The number of aromatic nitrogens is 2. The van der Waals surface area contributed by atoms with Crippen molar-refractivity contribution in [2.45, 2.75) is 0 Å². The molecule has 0 unspecified atom stereocenters. The summed E-state index contributed by atoms with van der Waals surface area (Å²) >= 11 is 5.88. The zero-order valence-corrected chi connectivity index (χ0v) is 10.7. The van der Waals surface area contributed by atoms with Gasteiger partial charge in [-0.25, -0.2) is 4.98 Å². The number of nitrogens with zero attached hydrogens (tertiary/aromatic N) is 2. The van der Waals surface area contributed by atoms with E-state index in [1.165, 1.54) is 17.0 Å². The second-order valence-corrected chi connectivity index (χ2v) is 4.56. The van der Waals surface area contributed by atoms with Crippen molar-refractivity contribution in [1.82, 2.24) is 9.55 Å². The molecule has 3 aromatic rings. The number of hydrogen-bond acceptors (Lipinski definition) is 1. The van der Waals surface area contributed by atoms with E-state index in [0.29, 0.717) is 10.6 Å². The molecule has 0 fully saturated rings. The maximum atomic E-state index is 14.3. The van der Waals surface area contributed by atoms with Gasteiger partial charge < -0.3 is 0 Å². The van der Waals surface area contributed by atoms with E-state index in [4.69, 9.17) is 11.6 Å². The molecule has 0 saturated carbocycles. The van der Waals surface area contributed by atoms with Crippen molar-refractivity contribution in [3.63, 3.8) is 0 Å². The van der Waals surface area contributed by atoms with Crippen molar-refractivity contribution in [3.8, 4) is 0 Å². The molecule has 4 heteroatoms. The van der Waals surface area contributed by atoms with Crippen LogP contribution >= 0.6 is 11.6 Å². The number of benzene rings is 2. The van der Waals surface area contributed by atoms with Crippen LogP contribution in [0.4, 0.5) is 4.39 Å². The van der Waals surface area contributed by atoms with Crippen LogP contribution in [0, 0.1) is 0 Å². The first-order chi connectivity index (χ1) is 9.24. The zero-order chi connectivity index (χ0) is 13.2. The molecule has 0 N–H and O–H groups in total. The molecule has 3 rings (SSSR count). The third kappa shape index (κ3) is 2.37. The lowest BCUT2D eigenvalue weighted by Gasteiger charge is -2.01. The first kappa shape index (κ1) is 11.9. The molecule has 0 aliphatic heterocycles. The van der Waals surface area contributed by atoms with Crippen LogP contribution in [0.2, 0.25) is 5.02 Å². The highest BCUT2D eigenvalue weighted by atomic mass is 35.5. The summed E-state index contributed by atoms with van der Waals surface area (Å²) in [6.07, 6.45) is 2.90. The smallest absolute Gasteiger partial charge is 0.200 e. The Hall–Kier alpha value is -2.13. The van der Waals surface area contributed by atoms with Crippen molar-refractivity contribution >= 4 is 34.7 Å². The van der Waals surface area contributed by atoms with Crippen LogP contribution in [0.25, 0.3) is 23.1 Å². The number of rotatable bonds is 2. The van der Waals surface area contributed by atoms with Crippen LogP contribution in [0.1, 0.15) is 5.56 Å². The van der Waals surface area contributed by atoms with Crippen molar-refractivity contribution in [2.75, 3.05) is 0 Å². The number of imidazole rings is 1. The quantitative estimate of drug-likeness (QED) is 0.666. The van der Waals surface area contributed by atoms with Gasteiger partial charge in [0, 0.05) is 5.02 Å². The van der Waals surface area contributed by atoms with E-state index in [2.05, 4.69) is 4.98 Å². The van der Waals surface area contributed by atoms with E-state index < -0.39 is 5.95 Å². The first-order valence-corrected chi connectivity index (χ1v) is 6.17. The van der Waals surface area contributed by atoms with Crippen molar-refractivity contribution in [3.05, 3.63) is 65.4 Å². The Bertz CT molecular complexity index is 761. The van der Waals surface area contributed by atoms with Gasteiger partial charge in [0.05, 0.1) is 11.0 Å². The third-order valence-corrected chi connectivity index (χ3v) is 3.05. The van der Waals surface area contributed by atoms with Crippen molar-refractivity contribution < 1.29 is 4.39 Å². The maximum Gasteiger partial charge on any atom is 0.200 e. The van der Waals surface area contributed by atoms with Crippen molar-refractivity contribution in [1.29, 1.82) is 0 Å². The molecule has 2 nitrogen and oxygen atoms in total. The molecule has 0 atom stereocenters. The Balaban J connectivity index is 2.06. The van der Waals surface area contributed by atoms with E-state index in [0.717, 1.165) is 11.0 Å². The summed E-state index contributed by atoms with van der Waals surface area (Å²) in [6.45, 7) is 0.